The van der Waals surface area contributed by atoms with Gasteiger partial charge in [-0.1, -0.05) is 23.7 Å². The molecule has 0 bridgehead atoms. The Morgan fingerprint density at radius 2 is 1.65 bits per heavy atom. The van der Waals surface area contributed by atoms with Crippen molar-refractivity contribution in [1.29, 1.82) is 0 Å². The Morgan fingerprint density at radius 3 is 2.42 bits per heavy atom. The molecule has 6 rings (SSSR count). The van der Waals surface area contributed by atoms with E-state index in [1.54, 1.807) is 12.1 Å². The number of hydrogen-bond acceptors (Lipinski definition) is 6. The number of nitrogens with zero attached hydrogens (tertiary/aromatic N) is 3. The van der Waals surface area contributed by atoms with Gasteiger partial charge in [0.1, 0.15) is 0 Å². The SMILES string of the molecule is O=C(Cc1cn2cc(CCN3CCSCC3)c3cc(CN4CCOCC4)cc(c1=O)c32)NCc1ccc(Cl)cc1. The molecule has 210 valence electrons. The van der Waals surface area contributed by atoms with E-state index in [4.69, 9.17) is 16.3 Å². The van der Waals surface area contributed by atoms with Crippen molar-refractivity contribution in [2.75, 3.05) is 57.4 Å². The van der Waals surface area contributed by atoms with Gasteiger partial charge in [-0.25, -0.2) is 0 Å². The summed E-state index contributed by atoms with van der Waals surface area (Å²) in [5.41, 5.74) is 4.78. The molecule has 0 radical (unpaired) electrons. The largest absolute Gasteiger partial charge is 0.379 e. The lowest BCUT2D eigenvalue weighted by molar-refractivity contribution is -0.120. The molecule has 2 saturated heterocycles. The first-order valence-corrected chi connectivity index (χ1v) is 15.6. The fourth-order valence-electron chi connectivity index (χ4n) is 5.77. The Labute approximate surface area is 243 Å². The number of nitrogens with one attached hydrogen (secondary N) is 1. The highest BCUT2D eigenvalue weighted by atomic mass is 35.5. The van der Waals surface area contributed by atoms with Crippen molar-refractivity contribution in [3.05, 3.63) is 86.3 Å². The van der Waals surface area contributed by atoms with Crippen molar-refractivity contribution in [2.24, 2.45) is 0 Å². The van der Waals surface area contributed by atoms with Gasteiger partial charge in [-0.15, -0.1) is 0 Å². The van der Waals surface area contributed by atoms with Crippen molar-refractivity contribution in [3.63, 3.8) is 0 Å². The summed E-state index contributed by atoms with van der Waals surface area (Å²) in [6, 6.07) is 11.7. The summed E-state index contributed by atoms with van der Waals surface area (Å²) in [4.78, 5) is 31.6. The number of amides is 1. The van der Waals surface area contributed by atoms with Gasteiger partial charge in [0.2, 0.25) is 5.91 Å². The first kappa shape index (κ1) is 27.5. The lowest BCUT2D eigenvalue weighted by atomic mass is 10.0. The van der Waals surface area contributed by atoms with Gasteiger partial charge in [0.25, 0.3) is 0 Å². The number of carbonyl (C=O) groups excluding carboxylic acids is 1. The minimum Gasteiger partial charge on any atom is -0.379 e. The summed E-state index contributed by atoms with van der Waals surface area (Å²) < 4.78 is 7.62. The zero-order valence-corrected chi connectivity index (χ0v) is 24.2. The summed E-state index contributed by atoms with van der Waals surface area (Å²) in [5, 5.41) is 5.47. The summed E-state index contributed by atoms with van der Waals surface area (Å²) in [6.07, 6.45) is 5.01. The molecule has 4 heterocycles. The molecule has 0 unspecified atom stereocenters. The summed E-state index contributed by atoms with van der Waals surface area (Å²) in [6.45, 7) is 7.71. The van der Waals surface area contributed by atoms with E-state index in [1.807, 2.05) is 36.2 Å². The lowest BCUT2D eigenvalue weighted by Gasteiger charge is -2.27. The van der Waals surface area contributed by atoms with Gasteiger partial charge in [0.05, 0.1) is 25.2 Å². The van der Waals surface area contributed by atoms with E-state index in [2.05, 4.69) is 31.8 Å². The smallest absolute Gasteiger partial charge is 0.224 e. The second-order valence-electron chi connectivity index (χ2n) is 10.8. The van der Waals surface area contributed by atoms with Crippen LogP contribution in [0.25, 0.3) is 16.3 Å². The van der Waals surface area contributed by atoms with E-state index in [9.17, 15) is 9.59 Å². The standard InChI is InChI=1S/C31H35ClN4O3S/c32-26-3-1-22(2-4-26)18-33-29(37)17-25-21-36-20-24(5-6-34-9-13-40-14-10-34)27-15-23(16-28(30(27)36)31(25)38)19-35-7-11-39-12-8-35/h1-4,15-16,20-21H,5-14,17-19H2,(H,33,37). The maximum absolute atomic E-state index is 13.8. The molecule has 0 spiro atoms. The first-order valence-electron chi connectivity index (χ1n) is 14.1. The van der Waals surface area contributed by atoms with Crippen LogP contribution in [0.4, 0.5) is 0 Å². The quantitative estimate of drug-likeness (QED) is 0.326. The Hall–Kier alpha value is -2.62. The first-order chi connectivity index (χ1) is 19.5. The Bertz CT molecular complexity index is 1530. The highest BCUT2D eigenvalue weighted by Crippen LogP contribution is 2.28. The van der Waals surface area contributed by atoms with Crippen LogP contribution in [0.5, 0.6) is 0 Å². The Morgan fingerprint density at radius 1 is 0.925 bits per heavy atom. The van der Waals surface area contributed by atoms with Crippen molar-refractivity contribution in [1.82, 2.24) is 19.5 Å². The van der Waals surface area contributed by atoms with Crippen molar-refractivity contribution in [2.45, 2.75) is 25.9 Å². The number of carbonyl (C=O) groups is 1. The average molecular weight is 579 g/mol. The van der Waals surface area contributed by atoms with Gasteiger partial charge >= 0.3 is 0 Å². The number of morpholine rings is 1. The molecule has 7 nitrogen and oxygen atoms in total. The molecule has 9 heteroatoms. The third kappa shape index (κ3) is 6.31. The summed E-state index contributed by atoms with van der Waals surface area (Å²) >= 11 is 8.00. The van der Waals surface area contributed by atoms with Crippen LogP contribution in [0.2, 0.25) is 5.02 Å². The zero-order chi connectivity index (χ0) is 27.5. The summed E-state index contributed by atoms with van der Waals surface area (Å²) in [7, 11) is 0. The number of rotatable bonds is 9. The highest BCUT2D eigenvalue weighted by Gasteiger charge is 2.20. The van der Waals surface area contributed by atoms with Crippen molar-refractivity contribution < 1.29 is 9.53 Å². The van der Waals surface area contributed by atoms with E-state index >= 15 is 0 Å². The topological polar surface area (TPSA) is 66.3 Å². The van der Waals surface area contributed by atoms with Crippen molar-refractivity contribution >= 4 is 45.6 Å². The van der Waals surface area contributed by atoms with Gasteiger partial charge in [0, 0.05) is 91.1 Å². The number of halogens is 1. The van der Waals surface area contributed by atoms with E-state index in [0.717, 1.165) is 80.9 Å². The van der Waals surface area contributed by atoms with Gasteiger partial charge in [-0.2, -0.15) is 11.8 Å². The van der Waals surface area contributed by atoms with Gasteiger partial charge in [0.15, 0.2) is 5.43 Å². The molecule has 1 amide bonds. The molecule has 2 aliphatic rings. The number of hydrogen-bond donors (Lipinski definition) is 1. The fourth-order valence-corrected chi connectivity index (χ4v) is 6.87. The third-order valence-electron chi connectivity index (χ3n) is 7.96. The maximum atomic E-state index is 13.8. The van der Waals surface area contributed by atoms with E-state index < -0.39 is 0 Å². The summed E-state index contributed by atoms with van der Waals surface area (Å²) in [5.74, 6) is 2.21. The lowest BCUT2D eigenvalue weighted by Crippen LogP contribution is -2.35. The average Bonchev–Trinajstić information content (AvgIpc) is 3.32. The van der Waals surface area contributed by atoms with Crippen LogP contribution in [-0.2, 0) is 35.5 Å². The van der Waals surface area contributed by atoms with Gasteiger partial charge in [-0.05, 0) is 47.4 Å². The van der Waals surface area contributed by atoms with Crippen LogP contribution in [-0.4, -0.2) is 77.6 Å². The fraction of sp³-hybridized carbons (Fsp3) is 0.419. The van der Waals surface area contributed by atoms with Crippen LogP contribution in [0.1, 0.15) is 22.3 Å². The number of benzene rings is 2. The van der Waals surface area contributed by atoms with Crippen LogP contribution in [0, 0.1) is 0 Å². The predicted octanol–water partition coefficient (Wildman–Crippen LogP) is 3.83. The third-order valence-corrected chi connectivity index (χ3v) is 9.16. The molecule has 2 aromatic heterocycles. The number of pyridine rings is 1. The van der Waals surface area contributed by atoms with Gasteiger partial charge < -0.3 is 19.4 Å². The van der Waals surface area contributed by atoms with Crippen LogP contribution in [0.3, 0.4) is 0 Å². The van der Waals surface area contributed by atoms with E-state index in [1.165, 1.54) is 17.1 Å². The number of ether oxygens (including phenoxy) is 1. The molecular weight excluding hydrogens is 544 g/mol. The molecule has 2 fully saturated rings. The monoisotopic (exact) mass is 578 g/mol. The molecule has 1 N–H and O–H groups in total. The second kappa shape index (κ2) is 12.5. The molecular formula is C31H35ClN4O3S. The molecule has 2 aliphatic heterocycles. The predicted molar refractivity (Wildman–Crippen MR) is 163 cm³/mol. The number of thioether (sulfide) groups is 1. The van der Waals surface area contributed by atoms with E-state index in [-0.39, 0.29) is 17.8 Å². The van der Waals surface area contributed by atoms with E-state index in [0.29, 0.717) is 22.5 Å². The van der Waals surface area contributed by atoms with Gasteiger partial charge in [-0.3, -0.25) is 14.5 Å². The molecule has 4 aromatic rings. The molecule has 0 saturated carbocycles. The maximum Gasteiger partial charge on any atom is 0.224 e. The van der Waals surface area contributed by atoms with Crippen LogP contribution < -0.4 is 10.7 Å². The molecule has 40 heavy (non-hydrogen) atoms. The minimum absolute atomic E-state index is 0.0417. The minimum atomic E-state index is -0.172. The number of aromatic nitrogens is 1. The van der Waals surface area contributed by atoms with Crippen LogP contribution >= 0.6 is 23.4 Å². The Kier molecular flexibility index (Phi) is 8.60. The van der Waals surface area contributed by atoms with Crippen molar-refractivity contribution in [3.8, 4) is 0 Å². The zero-order valence-electron chi connectivity index (χ0n) is 22.7. The van der Waals surface area contributed by atoms with Crippen LogP contribution in [0.15, 0.2) is 53.6 Å². The molecule has 2 aromatic carbocycles. The highest BCUT2D eigenvalue weighted by molar-refractivity contribution is 7.99. The molecule has 0 atom stereocenters. The normalized spacial score (nSPS) is 17.1. The Balaban J connectivity index is 1.29. The second-order valence-corrected chi connectivity index (χ2v) is 12.4. The molecule has 0 aliphatic carbocycles.